The zero-order valence-corrected chi connectivity index (χ0v) is 15.5. The molecule has 3 heteroatoms. The molecule has 134 valence electrons. The molecule has 0 bridgehead atoms. The summed E-state index contributed by atoms with van der Waals surface area (Å²) in [6, 6.07) is 6.61. The van der Waals surface area contributed by atoms with Crippen LogP contribution in [0.1, 0.15) is 49.7 Å². The Morgan fingerprint density at radius 1 is 1.28 bits per heavy atom. The number of benzene rings is 1. The number of methoxy groups -OCH3 is 2. The maximum Gasteiger partial charge on any atom is 0.184 e. The van der Waals surface area contributed by atoms with Crippen molar-refractivity contribution in [3.63, 3.8) is 0 Å². The van der Waals surface area contributed by atoms with Gasteiger partial charge in [-0.15, -0.1) is 0 Å². The monoisotopic (exact) mass is 340 g/mol. The largest absolute Gasteiger partial charge is 0.497 e. The first-order valence-corrected chi connectivity index (χ1v) is 9.48. The van der Waals surface area contributed by atoms with Gasteiger partial charge >= 0.3 is 0 Å². The van der Waals surface area contributed by atoms with Crippen LogP contribution in [0.2, 0.25) is 0 Å². The van der Waals surface area contributed by atoms with Crippen molar-refractivity contribution in [3.05, 3.63) is 41.0 Å². The van der Waals surface area contributed by atoms with Gasteiger partial charge in [0.2, 0.25) is 0 Å². The van der Waals surface area contributed by atoms with Crippen LogP contribution >= 0.6 is 0 Å². The van der Waals surface area contributed by atoms with Gasteiger partial charge in [-0.1, -0.05) is 19.1 Å². The Bertz CT molecular complexity index is 720. The molecule has 3 nitrogen and oxygen atoms in total. The van der Waals surface area contributed by atoms with Gasteiger partial charge in [0, 0.05) is 7.11 Å². The van der Waals surface area contributed by atoms with Gasteiger partial charge in [-0.3, -0.25) is 4.79 Å². The summed E-state index contributed by atoms with van der Waals surface area (Å²) in [6.45, 7) is 2.54. The first-order chi connectivity index (χ1) is 12.1. The molecular formula is C22H28O3. The first-order valence-electron chi connectivity index (χ1n) is 9.48. The highest BCUT2D eigenvalue weighted by Gasteiger charge is 2.52. The van der Waals surface area contributed by atoms with E-state index in [-0.39, 0.29) is 17.8 Å². The van der Waals surface area contributed by atoms with Crippen molar-refractivity contribution in [2.45, 2.75) is 44.9 Å². The van der Waals surface area contributed by atoms with E-state index in [9.17, 15) is 4.79 Å². The Balaban J connectivity index is 1.62. The van der Waals surface area contributed by atoms with E-state index in [0.29, 0.717) is 17.8 Å². The Morgan fingerprint density at radius 3 is 2.88 bits per heavy atom. The molecule has 1 aromatic rings. The first kappa shape index (κ1) is 16.8. The zero-order valence-electron chi connectivity index (χ0n) is 15.5. The summed E-state index contributed by atoms with van der Waals surface area (Å²) < 4.78 is 10.5. The number of Topliss-reactive ketones (excluding diaryl/α,β-unsaturated/α-hetero) is 1. The topological polar surface area (TPSA) is 35.5 Å². The minimum atomic E-state index is 0.0424. The minimum absolute atomic E-state index is 0.0424. The van der Waals surface area contributed by atoms with Gasteiger partial charge in [-0.2, -0.15) is 0 Å². The second-order valence-electron chi connectivity index (χ2n) is 8.15. The molecule has 1 saturated carbocycles. The highest BCUT2D eigenvalue weighted by atomic mass is 16.5. The summed E-state index contributed by atoms with van der Waals surface area (Å²) in [5.41, 5.74) is 4.07. The van der Waals surface area contributed by atoms with Crippen LogP contribution in [-0.4, -0.2) is 26.6 Å². The van der Waals surface area contributed by atoms with Crippen LogP contribution < -0.4 is 4.74 Å². The number of aryl methyl sites for hydroxylation is 1. The van der Waals surface area contributed by atoms with Crippen molar-refractivity contribution < 1.29 is 14.3 Å². The van der Waals surface area contributed by atoms with Gasteiger partial charge in [0.15, 0.2) is 5.78 Å². The third kappa shape index (κ3) is 2.55. The summed E-state index contributed by atoms with van der Waals surface area (Å²) in [7, 11) is 3.35. The number of hydrogen-bond acceptors (Lipinski definition) is 3. The SMILES string of the molecule is COCC(=O)C1=CC[C@H]2[C@@H]3CCc4cc(OC)ccc4[C@H]3CC[C@]12C. The van der Waals surface area contributed by atoms with Crippen molar-refractivity contribution in [1.82, 2.24) is 0 Å². The van der Waals surface area contributed by atoms with E-state index in [2.05, 4.69) is 31.2 Å². The molecule has 4 rings (SSSR count). The van der Waals surface area contributed by atoms with Crippen molar-refractivity contribution >= 4 is 5.78 Å². The average molecular weight is 340 g/mol. The molecule has 0 radical (unpaired) electrons. The second-order valence-corrected chi connectivity index (χ2v) is 8.15. The van der Waals surface area contributed by atoms with E-state index in [1.54, 1.807) is 14.2 Å². The molecule has 25 heavy (non-hydrogen) atoms. The van der Waals surface area contributed by atoms with Crippen molar-refractivity contribution in [3.8, 4) is 5.75 Å². The molecule has 1 fully saturated rings. The lowest BCUT2D eigenvalue weighted by molar-refractivity contribution is -0.120. The predicted octanol–water partition coefficient (Wildman–Crippen LogP) is 4.30. The number of carbonyl (C=O) groups is 1. The summed E-state index contributed by atoms with van der Waals surface area (Å²) in [4.78, 5) is 12.5. The van der Waals surface area contributed by atoms with Crippen LogP contribution in [0.15, 0.2) is 29.8 Å². The fraction of sp³-hybridized carbons (Fsp3) is 0.591. The molecule has 0 aliphatic heterocycles. The number of fused-ring (bicyclic) bond motifs is 5. The molecule has 0 saturated heterocycles. The van der Waals surface area contributed by atoms with E-state index in [1.807, 2.05) is 0 Å². The molecule has 3 aliphatic carbocycles. The fourth-order valence-electron chi connectivity index (χ4n) is 5.89. The number of ether oxygens (including phenoxy) is 2. The molecular weight excluding hydrogens is 312 g/mol. The van der Waals surface area contributed by atoms with E-state index < -0.39 is 0 Å². The van der Waals surface area contributed by atoms with E-state index >= 15 is 0 Å². The van der Waals surface area contributed by atoms with Gasteiger partial charge in [-0.05, 0) is 84.1 Å². The Morgan fingerprint density at radius 2 is 2.12 bits per heavy atom. The van der Waals surface area contributed by atoms with Gasteiger partial charge < -0.3 is 9.47 Å². The third-order valence-electron chi connectivity index (χ3n) is 7.09. The summed E-state index contributed by atoms with van der Waals surface area (Å²) >= 11 is 0. The molecule has 4 atom stereocenters. The quantitative estimate of drug-likeness (QED) is 0.819. The maximum atomic E-state index is 12.5. The van der Waals surface area contributed by atoms with Crippen LogP contribution in [0.3, 0.4) is 0 Å². The van der Waals surface area contributed by atoms with Crippen molar-refractivity contribution in [1.29, 1.82) is 0 Å². The number of carbonyl (C=O) groups excluding carboxylic acids is 1. The molecule has 1 aromatic carbocycles. The molecule has 0 heterocycles. The molecule has 0 spiro atoms. The normalized spacial score (nSPS) is 33.1. The maximum absolute atomic E-state index is 12.5. The van der Waals surface area contributed by atoms with Crippen LogP contribution in [0.25, 0.3) is 0 Å². The number of ketones is 1. The Labute approximate surface area is 150 Å². The number of rotatable bonds is 4. The van der Waals surface area contributed by atoms with Crippen LogP contribution in [-0.2, 0) is 16.0 Å². The standard InChI is InChI=1S/C22H28O3/c1-22-11-10-17-16-7-5-15(25-3)12-14(16)4-6-18(17)19(22)8-9-20(22)21(23)13-24-2/h5,7,9,12,17-19H,4,6,8,10-11,13H2,1-3H3/t17-,18-,19+,22+/m1/s1. The highest BCUT2D eigenvalue weighted by Crippen LogP contribution is 2.61. The Hall–Kier alpha value is -1.61. The predicted molar refractivity (Wildman–Crippen MR) is 98.0 cm³/mol. The van der Waals surface area contributed by atoms with Crippen LogP contribution in [0.5, 0.6) is 5.75 Å². The van der Waals surface area contributed by atoms with Crippen molar-refractivity contribution in [2.24, 2.45) is 17.3 Å². The van der Waals surface area contributed by atoms with Gasteiger partial charge in [0.25, 0.3) is 0 Å². The molecule has 0 N–H and O–H groups in total. The van der Waals surface area contributed by atoms with Gasteiger partial charge in [-0.25, -0.2) is 0 Å². The molecule has 0 amide bonds. The van der Waals surface area contributed by atoms with Gasteiger partial charge in [0.1, 0.15) is 12.4 Å². The Kier molecular flexibility index (Phi) is 4.23. The lowest BCUT2D eigenvalue weighted by Crippen LogP contribution is -2.42. The average Bonchev–Trinajstić information content (AvgIpc) is 2.98. The fourth-order valence-corrected chi connectivity index (χ4v) is 5.89. The molecule has 0 aromatic heterocycles. The summed E-state index contributed by atoms with van der Waals surface area (Å²) in [5.74, 6) is 3.07. The van der Waals surface area contributed by atoms with Crippen molar-refractivity contribution in [2.75, 3.05) is 20.8 Å². The lowest BCUT2D eigenvalue weighted by atomic mass is 9.54. The second kappa shape index (κ2) is 6.28. The van der Waals surface area contributed by atoms with Crippen LogP contribution in [0.4, 0.5) is 0 Å². The van der Waals surface area contributed by atoms with Crippen LogP contribution in [0, 0.1) is 17.3 Å². The minimum Gasteiger partial charge on any atom is -0.497 e. The third-order valence-corrected chi connectivity index (χ3v) is 7.09. The smallest absolute Gasteiger partial charge is 0.184 e. The van der Waals surface area contributed by atoms with E-state index in [1.165, 1.54) is 24.0 Å². The number of hydrogen-bond donors (Lipinski definition) is 0. The van der Waals surface area contributed by atoms with Gasteiger partial charge in [0.05, 0.1) is 7.11 Å². The number of allylic oxidation sites excluding steroid dienone is 1. The molecule has 0 unspecified atom stereocenters. The summed E-state index contributed by atoms with van der Waals surface area (Å²) in [6.07, 6.45) is 7.90. The lowest BCUT2D eigenvalue weighted by Gasteiger charge is -2.50. The zero-order chi connectivity index (χ0) is 17.6. The molecule has 3 aliphatic rings. The van der Waals surface area contributed by atoms with E-state index in [4.69, 9.17) is 9.47 Å². The van der Waals surface area contributed by atoms with E-state index in [0.717, 1.165) is 30.6 Å². The summed E-state index contributed by atoms with van der Waals surface area (Å²) in [5, 5.41) is 0. The highest BCUT2D eigenvalue weighted by molar-refractivity contribution is 5.98.